The Kier molecular flexibility index (Phi) is 5.13. The highest BCUT2D eigenvalue weighted by atomic mass is 35.5. The fourth-order valence-electron chi connectivity index (χ4n) is 4.33. The van der Waals surface area contributed by atoms with Crippen LogP contribution in [0, 0.1) is 17.8 Å². The van der Waals surface area contributed by atoms with E-state index in [0.717, 1.165) is 24.8 Å². The third-order valence-corrected chi connectivity index (χ3v) is 5.35. The Morgan fingerprint density at radius 1 is 1.05 bits per heavy atom. The van der Waals surface area contributed by atoms with Crippen LogP contribution < -0.4 is 5.73 Å². The number of piperidine rings is 1. The molecule has 0 bridgehead atoms. The van der Waals surface area contributed by atoms with Gasteiger partial charge in [-0.05, 0) is 56.9 Å². The zero-order chi connectivity index (χ0) is 12.5. The highest BCUT2D eigenvalue weighted by Crippen LogP contribution is 2.56. The molecule has 1 aliphatic heterocycles. The molecule has 3 unspecified atom stereocenters. The third-order valence-electron chi connectivity index (χ3n) is 5.35. The molecule has 2 saturated carbocycles. The summed E-state index contributed by atoms with van der Waals surface area (Å²) in [7, 11) is 0. The second kappa shape index (κ2) is 6.45. The minimum absolute atomic E-state index is 0. The van der Waals surface area contributed by atoms with Gasteiger partial charge in [0.2, 0.25) is 5.91 Å². The first-order valence-electron chi connectivity index (χ1n) is 7.83. The molecule has 3 atom stereocenters. The summed E-state index contributed by atoms with van der Waals surface area (Å²) >= 11 is 0. The highest BCUT2D eigenvalue weighted by molar-refractivity contribution is 5.85. The van der Waals surface area contributed by atoms with Gasteiger partial charge in [0.05, 0.1) is 0 Å². The number of likely N-dealkylation sites (tertiary alicyclic amines) is 1. The minimum atomic E-state index is 0. The van der Waals surface area contributed by atoms with Crippen LogP contribution in [-0.2, 0) is 4.79 Å². The summed E-state index contributed by atoms with van der Waals surface area (Å²) in [6.45, 7) is 1.70. The molecule has 19 heavy (non-hydrogen) atoms. The SMILES string of the molecule is Cl.NCCC1CCCCN1C(=O)C1C2CCCCC21. The lowest BCUT2D eigenvalue weighted by molar-refractivity contribution is -0.137. The smallest absolute Gasteiger partial charge is 0.226 e. The third kappa shape index (κ3) is 2.92. The Hall–Kier alpha value is -0.280. The molecule has 0 aromatic rings. The zero-order valence-electron chi connectivity index (χ0n) is 11.7. The Morgan fingerprint density at radius 3 is 2.32 bits per heavy atom. The van der Waals surface area contributed by atoms with Crippen LogP contribution in [0.15, 0.2) is 0 Å². The number of fused-ring (bicyclic) bond motifs is 1. The second-order valence-electron chi connectivity index (χ2n) is 6.40. The molecule has 0 aromatic heterocycles. The summed E-state index contributed by atoms with van der Waals surface area (Å²) < 4.78 is 0. The van der Waals surface area contributed by atoms with Crippen molar-refractivity contribution in [2.24, 2.45) is 23.5 Å². The average Bonchev–Trinajstić information content (AvgIpc) is 3.13. The van der Waals surface area contributed by atoms with Gasteiger partial charge in [0.25, 0.3) is 0 Å². The molecule has 3 aliphatic rings. The molecule has 3 nitrogen and oxygen atoms in total. The molecule has 4 heteroatoms. The van der Waals surface area contributed by atoms with Crippen molar-refractivity contribution >= 4 is 18.3 Å². The van der Waals surface area contributed by atoms with E-state index in [-0.39, 0.29) is 12.4 Å². The summed E-state index contributed by atoms with van der Waals surface area (Å²) in [5.74, 6) is 2.36. The van der Waals surface area contributed by atoms with Gasteiger partial charge in [-0.15, -0.1) is 12.4 Å². The van der Waals surface area contributed by atoms with E-state index in [2.05, 4.69) is 4.90 Å². The van der Waals surface area contributed by atoms with E-state index in [1.165, 1.54) is 44.9 Å². The second-order valence-corrected chi connectivity index (χ2v) is 6.40. The van der Waals surface area contributed by atoms with Crippen LogP contribution in [0.1, 0.15) is 51.4 Å². The number of carbonyl (C=O) groups excluding carboxylic acids is 1. The first-order valence-corrected chi connectivity index (χ1v) is 7.83. The first-order chi connectivity index (χ1) is 8.83. The van der Waals surface area contributed by atoms with Crippen LogP contribution in [0.4, 0.5) is 0 Å². The molecule has 110 valence electrons. The molecule has 0 aromatic carbocycles. The molecule has 3 fully saturated rings. The number of halogens is 1. The van der Waals surface area contributed by atoms with Crippen LogP contribution in [-0.4, -0.2) is 29.9 Å². The Morgan fingerprint density at radius 2 is 1.68 bits per heavy atom. The molecule has 0 spiro atoms. The number of amides is 1. The summed E-state index contributed by atoms with van der Waals surface area (Å²) in [5, 5.41) is 0. The molecular formula is C15H27ClN2O. The maximum atomic E-state index is 12.7. The lowest BCUT2D eigenvalue weighted by Crippen LogP contribution is -2.45. The molecule has 2 aliphatic carbocycles. The van der Waals surface area contributed by atoms with Crippen LogP contribution in [0.25, 0.3) is 0 Å². The molecule has 1 saturated heterocycles. The van der Waals surface area contributed by atoms with Crippen molar-refractivity contribution in [2.45, 2.75) is 57.4 Å². The fourth-order valence-corrected chi connectivity index (χ4v) is 4.33. The molecule has 3 rings (SSSR count). The topological polar surface area (TPSA) is 46.3 Å². The standard InChI is InChI=1S/C15H26N2O.ClH/c16-9-8-11-5-3-4-10-17(11)15(18)14-12-6-1-2-7-13(12)14;/h11-14H,1-10,16H2;1H. The van der Waals surface area contributed by atoms with Crippen LogP contribution in [0.3, 0.4) is 0 Å². The summed E-state index contributed by atoms with van der Waals surface area (Å²) in [6, 6.07) is 0.443. The van der Waals surface area contributed by atoms with E-state index in [4.69, 9.17) is 5.73 Å². The van der Waals surface area contributed by atoms with E-state index >= 15 is 0 Å². The molecule has 0 radical (unpaired) electrons. The fraction of sp³-hybridized carbons (Fsp3) is 0.933. The van der Waals surface area contributed by atoms with Gasteiger partial charge in [-0.25, -0.2) is 0 Å². The van der Waals surface area contributed by atoms with Crippen molar-refractivity contribution in [3.63, 3.8) is 0 Å². The summed E-state index contributed by atoms with van der Waals surface area (Å²) in [5.41, 5.74) is 5.69. The van der Waals surface area contributed by atoms with Gasteiger partial charge in [0.1, 0.15) is 0 Å². The predicted molar refractivity (Wildman–Crippen MR) is 79.2 cm³/mol. The lowest BCUT2D eigenvalue weighted by Gasteiger charge is -2.36. The van der Waals surface area contributed by atoms with Gasteiger partial charge in [-0.2, -0.15) is 0 Å². The number of rotatable bonds is 3. The van der Waals surface area contributed by atoms with Crippen molar-refractivity contribution in [2.75, 3.05) is 13.1 Å². The maximum Gasteiger partial charge on any atom is 0.226 e. The van der Waals surface area contributed by atoms with Crippen LogP contribution in [0.5, 0.6) is 0 Å². The molecule has 2 N–H and O–H groups in total. The lowest BCUT2D eigenvalue weighted by atomic mass is 9.98. The van der Waals surface area contributed by atoms with E-state index in [9.17, 15) is 4.79 Å². The Bertz CT molecular complexity index is 309. The van der Waals surface area contributed by atoms with Crippen LogP contribution >= 0.6 is 12.4 Å². The van der Waals surface area contributed by atoms with Crippen molar-refractivity contribution < 1.29 is 4.79 Å². The van der Waals surface area contributed by atoms with Gasteiger partial charge in [-0.3, -0.25) is 4.79 Å². The van der Waals surface area contributed by atoms with E-state index < -0.39 is 0 Å². The predicted octanol–water partition coefficient (Wildman–Crippen LogP) is 2.57. The number of carbonyl (C=O) groups is 1. The number of nitrogens with zero attached hydrogens (tertiary/aromatic N) is 1. The number of hydrogen-bond acceptors (Lipinski definition) is 2. The Labute approximate surface area is 122 Å². The van der Waals surface area contributed by atoms with Crippen molar-refractivity contribution in [3.05, 3.63) is 0 Å². The monoisotopic (exact) mass is 286 g/mol. The van der Waals surface area contributed by atoms with Gasteiger partial charge in [-0.1, -0.05) is 12.8 Å². The van der Waals surface area contributed by atoms with E-state index in [1.807, 2.05) is 0 Å². The van der Waals surface area contributed by atoms with Crippen molar-refractivity contribution in [1.82, 2.24) is 4.90 Å². The van der Waals surface area contributed by atoms with Crippen LogP contribution in [0.2, 0.25) is 0 Å². The first kappa shape index (κ1) is 15.1. The van der Waals surface area contributed by atoms with Gasteiger partial charge in [0.15, 0.2) is 0 Å². The Balaban J connectivity index is 0.00000133. The number of nitrogens with two attached hydrogens (primary N) is 1. The summed E-state index contributed by atoms with van der Waals surface area (Å²) in [4.78, 5) is 14.9. The normalized spacial score (nSPS) is 37.2. The molecular weight excluding hydrogens is 260 g/mol. The molecule has 1 heterocycles. The van der Waals surface area contributed by atoms with Gasteiger partial charge < -0.3 is 10.6 Å². The molecule has 1 amide bonds. The van der Waals surface area contributed by atoms with Gasteiger partial charge >= 0.3 is 0 Å². The number of hydrogen-bond donors (Lipinski definition) is 1. The van der Waals surface area contributed by atoms with Crippen molar-refractivity contribution in [3.8, 4) is 0 Å². The maximum absolute atomic E-state index is 12.7. The largest absolute Gasteiger partial charge is 0.339 e. The van der Waals surface area contributed by atoms with Crippen molar-refractivity contribution in [1.29, 1.82) is 0 Å². The minimum Gasteiger partial charge on any atom is -0.339 e. The highest BCUT2D eigenvalue weighted by Gasteiger charge is 2.56. The van der Waals surface area contributed by atoms with E-state index in [0.29, 0.717) is 24.4 Å². The zero-order valence-corrected chi connectivity index (χ0v) is 12.5. The summed E-state index contributed by atoms with van der Waals surface area (Å²) in [6.07, 6.45) is 9.92. The quantitative estimate of drug-likeness (QED) is 0.867. The van der Waals surface area contributed by atoms with E-state index in [1.54, 1.807) is 0 Å². The average molecular weight is 287 g/mol. The van der Waals surface area contributed by atoms with Gasteiger partial charge in [0, 0.05) is 18.5 Å².